The Kier molecular flexibility index (Phi) is 8.35. The maximum atomic E-state index is 5.63. The highest BCUT2D eigenvalue weighted by atomic mass is 16.6. The molecule has 0 fully saturated rings. The SMILES string of the molecule is COCCOCCOCCOc1ccc(C(C)(C)C)cc1. The number of hydrogen-bond donors (Lipinski definition) is 0. The van der Waals surface area contributed by atoms with Gasteiger partial charge in [0, 0.05) is 7.11 Å². The number of hydrogen-bond acceptors (Lipinski definition) is 4. The molecule has 120 valence electrons. The summed E-state index contributed by atoms with van der Waals surface area (Å²) in [6, 6.07) is 8.24. The number of ether oxygens (including phenoxy) is 4. The number of rotatable bonds is 10. The van der Waals surface area contributed by atoms with Crippen LogP contribution in [0.4, 0.5) is 0 Å². The minimum Gasteiger partial charge on any atom is -0.491 e. The third kappa shape index (κ3) is 8.05. The van der Waals surface area contributed by atoms with Crippen LogP contribution in [0.3, 0.4) is 0 Å². The summed E-state index contributed by atoms with van der Waals surface area (Å²) in [5, 5.41) is 0. The smallest absolute Gasteiger partial charge is 0.119 e. The molecule has 0 amide bonds. The Balaban J connectivity index is 2.08. The van der Waals surface area contributed by atoms with Crippen molar-refractivity contribution in [3.63, 3.8) is 0 Å². The van der Waals surface area contributed by atoms with E-state index in [-0.39, 0.29) is 5.41 Å². The lowest BCUT2D eigenvalue weighted by atomic mass is 9.87. The van der Waals surface area contributed by atoms with Gasteiger partial charge in [-0.2, -0.15) is 0 Å². The summed E-state index contributed by atoms with van der Waals surface area (Å²) in [7, 11) is 1.66. The van der Waals surface area contributed by atoms with E-state index >= 15 is 0 Å². The first-order valence-corrected chi connectivity index (χ1v) is 7.42. The van der Waals surface area contributed by atoms with Gasteiger partial charge >= 0.3 is 0 Å². The van der Waals surface area contributed by atoms with Gasteiger partial charge in [-0.05, 0) is 23.1 Å². The van der Waals surface area contributed by atoms with Crippen molar-refractivity contribution < 1.29 is 18.9 Å². The van der Waals surface area contributed by atoms with E-state index in [2.05, 4.69) is 32.9 Å². The molecule has 1 aromatic rings. The van der Waals surface area contributed by atoms with Crippen molar-refractivity contribution in [2.75, 3.05) is 46.8 Å². The molecule has 0 atom stereocenters. The molecular weight excluding hydrogens is 268 g/mol. The minimum atomic E-state index is 0.171. The standard InChI is InChI=1S/C17H28O4/c1-17(2,3)15-5-7-16(8-6-15)21-14-13-20-12-11-19-10-9-18-4/h5-8H,9-14H2,1-4H3. The molecule has 0 saturated heterocycles. The first-order valence-electron chi connectivity index (χ1n) is 7.42. The zero-order chi connectivity index (χ0) is 15.6. The summed E-state index contributed by atoms with van der Waals surface area (Å²) in [4.78, 5) is 0. The van der Waals surface area contributed by atoms with Gasteiger partial charge < -0.3 is 18.9 Å². The second-order valence-corrected chi connectivity index (χ2v) is 5.84. The second kappa shape index (κ2) is 9.77. The van der Waals surface area contributed by atoms with Crippen LogP contribution in [0.2, 0.25) is 0 Å². The molecule has 21 heavy (non-hydrogen) atoms. The van der Waals surface area contributed by atoms with Crippen LogP contribution in [0.1, 0.15) is 26.3 Å². The second-order valence-electron chi connectivity index (χ2n) is 5.84. The predicted molar refractivity (Wildman–Crippen MR) is 84.2 cm³/mol. The predicted octanol–water partition coefficient (Wildman–Crippen LogP) is 3.04. The van der Waals surface area contributed by atoms with Crippen LogP contribution in [0.25, 0.3) is 0 Å². The fourth-order valence-corrected chi connectivity index (χ4v) is 1.73. The van der Waals surface area contributed by atoms with Crippen LogP contribution in [-0.2, 0) is 19.6 Å². The van der Waals surface area contributed by atoms with E-state index < -0.39 is 0 Å². The Labute approximate surface area is 128 Å². The molecule has 0 N–H and O–H groups in total. The lowest BCUT2D eigenvalue weighted by Crippen LogP contribution is -2.13. The molecule has 0 heterocycles. The molecule has 0 aromatic heterocycles. The molecule has 4 nitrogen and oxygen atoms in total. The maximum absolute atomic E-state index is 5.63. The zero-order valence-corrected chi connectivity index (χ0v) is 13.7. The first kappa shape index (κ1) is 18.0. The Bertz CT molecular complexity index is 367. The van der Waals surface area contributed by atoms with Crippen molar-refractivity contribution >= 4 is 0 Å². The van der Waals surface area contributed by atoms with Crippen molar-refractivity contribution in [1.82, 2.24) is 0 Å². The third-order valence-corrected chi connectivity index (χ3v) is 3.02. The molecule has 4 heteroatoms. The molecule has 0 aliphatic heterocycles. The zero-order valence-electron chi connectivity index (χ0n) is 13.7. The maximum Gasteiger partial charge on any atom is 0.119 e. The first-order chi connectivity index (χ1) is 10.0. The van der Waals surface area contributed by atoms with Gasteiger partial charge in [0.1, 0.15) is 12.4 Å². The Morgan fingerprint density at radius 1 is 0.762 bits per heavy atom. The van der Waals surface area contributed by atoms with Crippen LogP contribution >= 0.6 is 0 Å². The average molecular weight is 296 g/mol. The van der Waals surface area contributed by atoms with E-state index in [0.717, 1.165) is 5.75 Å². The summed E-state index contributed by atoms with van der Waals surface area (Å²) in [6.45, 7) is 10.1. The van der Waals surface area contributed by atoms with E-state index in [1.165, 1.54) is 5.56 Å². The fraction of sp³-hybridized carbons (Fsp3) is 0.647. The van der Waals surface area contributed by atoms with Gasteiger partial charge in [0.2, 0.25) is 0 Å². The molecule has 0 saturated carbocycles. The highest BCUT2D eigenvalue weighted by Crippen LogP contribution is 2.24. The third-order valence-electron chi connectivity index (χ3n) is 3.02. The van der Waals surface area contributed by atoms with Crippen molar-refractivity contribution in [3.8, 4) is 5.75 Å². The molecule has 1 aromatic carbocycles. The van der Waals surface area contributed by atoms with Crippen molar-refractivity contribution in [1.29, 1.82) is 0 Å². The van der Waals surface area contributed by atoms with Gasteiger partial charge in [-0.1, -0.05) is 32.9 Å². The lowest BCUT2D eigenvalue weighted by molar-refractivity contribution is 0.0180. The summed E-state index contributed by atoms with van der Waals surface area (Å²) in [5.41, 5.74) is 1.48. The molecule has 0 radical (unpaired) electrons. The Morgan fingerprint density at radius 2 is 1.29 bits per heavy atom. The van der Waals surface area contributed by atoms with Crippen LogP contribution in [-0.4, -0.2) is 46.8 Å². The Hall–Kier alpha value is -1.10. The van der Waals surface area contributed by atoms with Crippen LogP contribution in [0.15, 0.2) is 24.3 Å². The van der Waals surface area contributed by atoms with Crippen molar-refractivity contribution in [2.24, 2.45) is 0 Å². The molecule has 0 unspecified atom stereocenters. The van der Waals surface area contributed by atoms with Crippen molar-refractivity contribution in [3.05, 3.63) is 29.8 Å². The summed E-state index contributed by atoms with van der Waals surface area (Å²) >= 11 is 0. The molecule has 0 bridgehead atoms. The topological polar surface area (TPSA) is 36.9 Å². The molecule has 0 aliphatic rings. The van der Waals surface area contributed by atoms with E-state index in [1.807, 2.05) is 12.1 Å². The van der Waals surface area contributed by atoms with Crippen LogP contribution < -0.4 is 4.74 Å². The van der Waals surface area contributed by atoms with Gasteiger partial charge in [0.15, 0.2) is 0 Å². The van der Waals surface area contributed by atoms with E-state index in [4.69, 9.17) is 18.9 Å². The highest BCUT2D eigenvalue weighted by molar-refractivity contribution is 5.31. The van der Waals surface area contributed by atoms with Crippen LogP contribution in [0, 0.1) is 0 Å². The van der Waals surface area contributed by atoms with Gasteiger partial charge in [-0.25, -0.2) is 0 Å². The monoisotopic (exact) mass is 296 g/mol. The summed E-state index contributed by atoms with van der Waals surface area (Å²) in [5.74, 6) is 0.878. The van der Waals surface area contributed by atoms with E-state index in [0.29, 0.717) is 39.6 Å². The van der Waals surface area contributed by atoms with Gasteiger partial charge in [-0.3, -0.25) is 0 Å². The summed E-state index contributed by atoms with van der Waals surface area (Å²) < 4.78 is 21.2. The quantitative estimate of drug-likeness (QED) is 0.622. The summed E-state index contributed by atoms with van der Waals surface area (Å²) in [6.07, 6.45) is 0. The van der Waals surface area contributed by atoms with Gasteiger partial charge in [0.25, 0.3) is 0 Å². The molecule has 0 aliphatic carbocycles. The van der Waals surface area contributed by atoms with Gasteiger partial charge in [-0.15, -0.1) is 0 Å². The highest BCUT2D eigenvalue weighted by Gasteiger charge is 2.12. The molecular formula is C17H28O4. The van der Waals surface area contributed by atoms with Crippen molar-refractivity contribution in [2.45, 2.75) is 26.2 Å². The average Bonchev–Trinajstić information content (AvgIpc) is 2.45. The molecule has 1 rings (SSSR count). The van der Waals surface area contributed by atoms with E-state index in [9.17, 15) is 0 Å². The number of benzene rings is 1. The van der Waals surface area contributed by atoms with Crippen LogP contribution in [0.5, 0.6) is 5.75 Å². The normalized spacial score (nSPS) is 11.6. The molecule has 0 spiro atoms. The fourth-order valence-electron chi connectivity index (χ4n) is 1.73. The van der Waals surface area contributed by atoms with E-state index in [1.54, 1.807) is 7.11 Å². The largest absolute Gasteiger partial charge is 0.491 e. The minimum absolute atomic E-state index is 0.171. The van der Waals surface area contributed by atoms with Gasteiger partial charge in [0.05, 0.1) is 33.0 Å². The lowest BCUT2D eigenvalue weighted by Gasteiger charge is -2.19. The number of methoxy groups -OCH3 is 1. The Morgan fingerprint density at radius 3 is 1.81 bits per heavy atom.